The average molecular weight is 856 g/mol. The summed E-state index contributed by atoms with van der Waals surface area (Å²) in [4.78, 5) is 0. The maximum atomic E-state index is 6.67. The molecule has 7 fully saturated rings. The van der Waals surface area contributed by atoms with Crippen LogP contribution in [0.5, 0.6) is 23.0 Å². The number of nitrogens with one attached hydrogen (secondary N) is 1. The standard InChI is InChI=1S/C61H52BN2O2/c1-33-21-47(45-29-55-56(66-54-10-6-5-9-53(54)65-55)30-50(45)63-43-18-15-36(16-19-43)35-7-3-2-4-8-35)59-52(22-33)64-51-20-17-42(61-31-40-24-39-25-41(32-61)58(61)57(39)40)28-46(51)48-26-38(27-49(62-59)60(48)64)44-23-34-11-13-37(44)14-12-34/h2-10,15-22,26-30,34,37,39-41,44,57-58,63H,11-14,23-25,31-32H2,1H3. The lowest BCUT2D eigenvalue weighted by Crippen LogP contribution is -2.47. The highest BCUT2D eigenvalue weighted by molar-refractivity contribution is 6.73. The molecule has 7 atom stereocenters. The molecule has 0 spiro atoms. The Hall–Kier alpha value is -6.20. The number of rotatable bonds is 6. The molecule has 8 aromatic rings. The van der Waals surface area contributed by atoms with Crippen molar-refractivity contribution in [2.45, 2.75) is 76.0 Å². The number of hydrogen-bond acceptors (Lipinski definition) is 3. The van der Waals surface area contributed by atoms with Crippen LogP contribution in [0.1, 0.15) is 80.4 Å². The van der Waals surface area contributed by atoms with E-state index in [1.807, 2.05) is 24.3 Å². The topological polar surface area (TPSA) is 35.4 Å². The molecule has 0 amide bonds. The Labute approximate surface area is 387 Å². The van der Waals surface area contributed by atoms with Crippen molar-refractivity contribution in [1.29, 1.82) is 0 Å². The number of anilines is 2. The molecule has 1 N–H and O–H groups in total. The summed E-state index contributed by atoms with van der Waals surface area (Å²) in [6.07, 6.45) is 12.8. The third-order valence-corrected chi connectivity index (χ3v) is 18.9. The number of nitrogens with zero attached hydrogens (tertiary/aromatic N) is 1. The van der Waals surface area contributed by atoms with Crippen molar-refractivity contribution >= 4 is 51.4 Å². The minimum atomic E-state index is 0.398. The number of hydrogen-bond donors (Lipinski definition) is 1. The maximum absolute atomic E-state index is 6.67. The molecule has 7 aromatic carbocycles. The summed E-state index contributed by atoms with van der Waals surface area (Å²) in [5, 5.41) is 6.81. The van der Waals surface area contributed by atoms with Crippen LogP contribution in [0.2, 0.25) is 0 Å². The highest BCUT2D eigenvalue weighted by Gasteiger charge is 2.72. The van der Waals surface area contributed by atoms with Crippen LogP contribution in [-0.4, -0.2) is 11.8 Å². The monoisotopic (exact) mass is 855 g/mol. The first-order valence-electron chi connectivity index (χ1n) is 25.2. The van der Waals surface area contributed by atoms with Crippen molar-refractivity contribution in [3.63, 3.8) is 0 Å². The fourth-order valence-corrected chi connectivity index (χ4v) is 16.2. The molecule has 1 aromatic heterocycles. The van der Waals surface area contributed by atoms with Gasteiger partial charge < -0.3 is 19.4 Å². The van der Waals surface area contributed by atoms with Crippen molar-refractivity contribution in [3.05, 3.63) is 150 Å². The van der Waals surface area contributed by atoms with E-state index in [1.54, 1.807) is 11.1 Å². The predicted molar refractivity (Wildman–Crippen MR) is 268 cm³/mol. The molecule has 1 radical (unpaired) electrons. The van der Waals surface area contributed by atoms with Gasteiger partial charge in [0.1, 0.15) is 0 Å². The Balaban J connectivity index is 0.884. The van der Waals surface area contributed by atoms with Crippen molar-refractivity contribution in [3.8, 4) is 50.9 Å². The molecule has 7 unspecified atom stereocenters. The van der Waals surface area contributed by atoms with Crippen LogP contribution >= 0.6 is 0 Å². The molecular formula is C61H52BN2O2. The van der Waals surface area contributed by atoms with E-state index in [0.717, 1.165) is 75.6 Å². The first-order chi connectivity index (χ1) is 32.5. The summed E-state index contributed by atoms with van der Waals surface area (Å²) in [7, 11) is 2.55. The van der Waals surface area contributed by atoms with Gasteiger partial charge in [-0.05, 0) is 198 Å². The molecule has 4 nitrogen and oxygen atoms in total. The van der Waals surface area contributed by atoms with E-state index >= 15 is 0 Å². The van der Waals surface area contributed by atoms with Gasteiger partial charge in [0, 0.05) is 39.3 Å². The third kappa shape index (κ3) is 5.07. The van der Waals surface area contributed by atoms with Gasteiger partial charge in [0.25, 0.3) is 0 Å². The average Bonchev–Trinajstić information content (AvgIpc) is 3.87. The summed E-state index contributed by atoms with van der Waals surface area (Å²) >= 11 is 0. The third-order valence-electron chi connectivity index (χ3n) is 18.9. The number of ether oxygens (including phenoxy) is 2. The Bertz CT molecular complexity index is 3380. The molecule has 2 bridgehead atoms. The lowest BCUT2D eigenvalue weighted by atomic mass is 9.53. The number of benzene rings is 7. The van der Waals surface area contributed by atoms with E-state index in [2.05, 4.69) is 133 Å². The molecule has 7 saturated carbocycles. The maximum Gasteiger partial charge on any atom is 0.197 e. The van der Waals surface area contributed by atoms with Gasteiger partial charge in [-0.15, -0.1) is 0 Å². The fraction of sp³-hybridized carbons (Fsp3) is 0.311. The fourth-order valence-electron chi connectivity index (χ4n) is 16.2. The van der Waals surface area contributed by atoms with Gasteiger partial charge >= 0.3 is 0 Å². The van der Waals surface area contributed by atoms with E-state index in [9.17, 15) is 0 Å². The molecular weight excluding hydrogens is 803 g/mol. The summed E-state index contributed by atoms with van der Waals surface area (Å²) in [5.74, 6) is 10.1. The van der Waals surface area contributed by atoms with Crippen LogP contribution in [0.4, 0.5) is 11.4 Å². The second-order valence-electron chi connectivity index (χ2n) is 22.1. The molecule has 9 aliphatic rings. The van der Waals surface area contributed by atoms with E-state index in [-0.39, 0.29) is 0 Å². The van der Waals surface area contributed by atoms with Crippen LogP contribution in [0, 0.1) is 48.3 Å². The molecule has 0 saturated heterocycles. The lowest BCUT2D eigenvalue weighted by molar-refractivity contribution is 0.0685. The smallest absolute Gasteiger partial charge is 0.197 e. The van der Waals surface area contributed by atoms with Gasteiger partial charge in [0.2, 0.25) is 0 Å². The second-order valence-corrected chi connectivity index (χ2v) is 22.1. The van der Waals surface area contributed by atoms with Crippen LogP contribution in [0.15, 0.2) is 133 Å². The molecule has 2 aliphatic heterocycles. The Morgan fingerprint density at radius 2 is 1.38 bits per heavy atom. The highest BCUT2D eigenvalue weighted by atomic mass is 16.6. The van der Waals surface area contributed by atoms with E-state index < -0.39 is 0 Å². The van der Waals surface area contributed by atoms with Gasteiger partial charge in [-0.25, -0.2) is 0 Å². The van der Waals surface area contributed by atoms with Crippen molar-refractivity contribution in [1.82, 2.24) is 4.57 Å². The SMILES string of the molecule is Cc1cc(-c2cc3c(cc2Nc2ccc(-c4ccccc4)cc2)Oc2ccccc2O3)c2c(c1)-n1c3ccc(C45CC6CC7CC(C4)C5C76)cc3c3cc(C4CC5CCC4CC5)cc(c31)[B]2. The van der Waals surface area contributed by atoms with E-state index in [0.29, 0.717) is 17.1 Å². The highest BCUT2D eigenvalue weighted by Crippen LogP contribution is 2.78. The normalized spacial score (nSPS) is 28.6. The lowest BCUT2D eigenvalue weighted by Gasteiger charge is -2.51. The molecule has 7 aliphatic carbocycles. The summed E-state index contributed by atoms with van der Waals surface area (Å²) in [6, 6.07) is 49.7. The van der Waals surface area contributed by atoms with Gasteiger partial charge in [-0.3, -0.25) is 0 Å². The van der Waals surface area contributed by atoms with Gasteiger partial charge in [-0.2, -0.15) is 0 Å². The largest absolute Gasteiger partial charge is 0.449 e. The van der Waals surface area contributed by atoms with Crippen molar-refractivity contribution in [2.24, 2.45) is 41.4 Å². The molecule has 17 rings (SSSR count). The Kier molecular flexibility index (Phi) is 7.42. The first-order valence-corrected chi connectivity index (χ1v) is 25.2. The summed E-state index contributed by atoms with van der Waals surface area (Å²) in [5.41, 5.74) is 18.1. The number of fused-ring (bicyclic) bond motifs is 10. The molecule has 321 valence electrons. The van der Waals surface area contributed by atoms with Gasteiger partial charge in [0.15, 0.2) is 30.3 Å². The first kappa shape index (κ1) is 37.0. The van der Waals surface area contributed by atoms with Crippen LogP contribution in [0.3, 0.4) is 0 Å². The summed E-state index contributed by atoms with van der Waals surface area (Å²) < 4.78 is 15.9. The van der Waals surface area contributed by atoms with E-state index in [1.165, 1.54) is 118 Å². The van der Waals surface area contributed by atoms with Crippen LogP contribution < -0.4 is 25.7 Å². The number of para-hydroxylation sites is 2. The zero-order valence-corrected chi connectivity index (χ0v) is 37.5. The van der Waals surface area contributed by atoms with Gasteiger partial charge in [0.05, 0.1) is 11.2 Å². The number of aryl methyl sites for hydroxylation is 1. The molecule has 66 heavy (non-hydrogen) atoms. The van der Waals surface area contributed by atoms with Crippen molar-refractivity contribution in [2.75, 3.05) is 5.32 Å². The summed E-state index contributed by atoms with van der Waals surface area (Å²) in [6.45, 7) is 2.26. The molecule has 5 heteroatoms. The minimum absolute atomic E-state index is 0.398. The van der Waals surface area contributed by atoms with Crippen molar-refractivity contribution < 1.29 is 9.47 Å². The predicted octanol–water partition coefficient (Wildman–Crippen LogP) is 14.3. The van der Waals surface area contributed by atoms with Crippen LogP contribution in [0.25, 0.3) is 49.7 Å². The Morgan fingerprint density at radius 3 is 2.18 bits per heavy atom. The number of aromatic nitrogens is 1. The van der Waals surface area contributed by atoms with Crippen LogP contribution in [-0.2, 0) is 5.41 Å². The Morgan fingerprint density at radius 1 is 0.621 bits per heavy atom. The quantitative estimate of drug-likeness (QED) is 0.169. The zero-order chi connectivity index (χ0) is 43.0. The minimum Gasteiger partial charge on any atom is -0.449 e. The second kappa shape index (κ2) is 13.2. The van der Waals surface area contributed by atoms with E-state index in [4.69, 9.17) is 9.47 Å². The zero-order valence-electron chi connectivity index (χ0n) is 37.5. The van der Waals surface area contributed by atoms with Gasteiger partial charge in [-0.1, -0.05) is 91.1 Å². The molecule has 3 heterocycles.